The first-order valence-electron chi connectivity index (χ1n) is 10.6. The number of morpholine rings is 1. The molecule has 32 heavy (non-hydrogen) atoms. The van der Waals surface area contributed by atoms with Crippen LogP contribution in [0.2, 0.25) is 0 Å². The van der Waals surface area contributed by atoms with E-state index in [-0.39, 0.29) is 30.7 Å². The quantitative estimate of drug-likeness (QED) is 0.766. The average Bonchev–Trinajstić information content (AvgIpc) is 2.83. The summed E-state index contributed by atoms with van der Waals surface area (Å²) in [5, 5.41) is 2.34. The number of hydrogen-bond donors (Lipinski definition) is 1. The van der Waals surface area contributed by atoms with Gasteiger partial charge in [0.1, 0.15) is 5.75 Å². The van der Waals surface area contributed by atoms with Gasteiger partial charge in [0.05, 0.1) is 36.4 Å². The van der Waals surface area contributed by atoms with E-state index < -0.39 is 11.4 Å². The summed E-state index contributed by atoms with van der Waals surface area (Å²) in [6, 6.07) is 14.7. The second kappa shape index (κ2) is 8.84. The number of anilines is 2. The molecular weight excluding hydrogens is 430 g/mol. The van der Waals surface area contributed by atoms with Crippen molar-refractivity contribution in [2.75, 3.05) is 43.1 Å². The van der Waals surface area contributed by atoms with Gasteiger partial charge in [-0.05, 0) is 24.3 Å². The van der Waals surface area contributed by atoms with Crippen molar-refractivity contribution in [2.45, 2.75) is 22.7 Å². The van der Waals surface area contributed by atoms with E-state index in [0.29, 0.717) is 37.7 Å². The standard InChI is InChI=1S/C23H23N3O5S/c27-21(13-20-22(28)24-15-5-1-4-8-19(15)32-20)26-14-18(23(29)25-9-11-30-12-10-25)31-17-7-3-2-6-16(17)26/h1-8,18,20H,9-14H2,(H,24,28)/t18-,20-/m0/s1. The van der Waals surface area contributed by atoms with Crippen LogP contribution >= 0.6 is 11.8 Å². The van der Waals surface area contributed by atoms with Crippen LogP contribution < -0.4 is 15.0 Å². The van der Waals surface area contributed by atoms with Crippen molar-refractivity contribution >= 4 is 40.9 Å². The number of benzene rings is 2. The zero-order chi connectivity index (χ0) is 22.1. The topological polar surface area (TPSA) is 88.2 Å². The van der Waals surface area contributed by atoms with Gasteiger partial charge >= 0.3 is 0 Å². The highest BCUT2D eigenvalue weighted by molar-refractivity contribution is 8.01. The first-order valence-corrected chi connectivity index (χ1v) is 11.5. The van der Waals surface area contributed by atoms with Gasteiger partial charge in [-0.2, -0.15) is 0 Å². The number of carbonyl (C=O) groups excluding carboxylic acids is 3. The lowest BCUT2D eigenvalue weighted by Crippen LogP contribution is -2.54. The number of nitrogens with one attached hydrogen (secondary N) is 1. The molecule has 5 rings (SSSR count). The van der Waals surface area contributed by atoms with Gasteiger partial charge in [0.2, 0.25) is 11.8 Å². The molecule has 2 aromatic rings. The molecule has 8 nitrogen and oxygen atoms in total. The maximum Gasteiger partial charge on any atom is 0.265 e. The molecule has 1 fully saturated rings. The lowest BCUT2D eigenvalue weighted by Gasteiger charge is -2.37. The van der Waals surface area contributed by atoms with E-state index in [1.54, 1.807) is 21.9 Å². The SMILES string of the molecule is O=C1Nc2ccccc2S[C@H]1CC(=O)N1C[C@@H](C(=O)N2CCOCC2)Oc2ccccc21. The molecule has 0 radical (unpaired) electrons. The minimum atomic E-state index is -0.791. The second-order valence-corrected chi connectivity index (χ2v) is 9.06. The van der Waals surface area contributed by atoms with Crippen LogP contribution in [0.3, 0.4) is 0 Å². The Morgan fingerprint density at radius 2 is 1.81 bits per heavy atom. The van der Waals surface area contributed by atoms with Crippen LogP contribution in [0.5, 0.6) is 5.75 Å². The van der Waals surface area contributed by atoms with Crippen LogP contribution in [0, 0.1) is 0 Å². The molecule has 0 aromatic heterocycles. The molecular formula is C23H23N3O5S. The number of amides is 3. The highest BCUT2D eigenvalue weighted by Crippen LogP contribution is 2.38. The van der Waals surface area contributed by atoms with Crippen LogP contribution in [0.25, 0.3) is 0 Å². The van der Waals surface area contributed by atoms with Gasteiger partial charge < -0.3 is 24.6 Å². The van der Waals surface area contributed by atoms with Crippen molar-refractivity contribution in [1.29, 1.82) is 0 Å². The first-order chi connectivity index (χ1) is 15.6. The summed E-state index contributed by atoms with van der Waals surface area (Å²) < 4.78 is 11.3. The van der Waals surface area contributed by atoms with E-state index in [9.17, 15) is 14.4 Å². The fraction of sp³-hybridized carbons (Fsp3) is 0.348. The Morgan fingerprint density at radius 3 is 2.66 bits per heavy atom. The number of hydrogen-bond acceptors (Lipinski definition) is 6. The summed E-state index contributed by atoms with van der Waals surface area (Å²) in [7, 11) is 0. The Bertz CT molecular complexity index is 1060. The first kappa shape index (κ1) is 20.8. The molecule has 3 heterocycles. The van der Waals surface area contributed by atoms with E-state index in [0.717, 1.165) is 10.6 Å². The zero-order valence-corrected chi connectivity index (χ0v) is 18.2. The number of ether oxygens (including phenoxy) is 2. The summed E-state index contributed by atoms with van der Waals surface area (Å²) in [5.41, 5.74) is 1.38. The van der Waals surface area contributed by atoms with Gasteiger partial charge in [0.25, 0.3) is 5.91 Å². The van der Waals surface area contributed by atoms with E-state index in [2.05, 4.69) is 5.32 Å². The largest absolute Gasteiger partial charge is 0.476 e. The Morgan fingerprint density at radius 1 is 1.06 bits per heavy atom. The van der Waals surface area contributed by atoms with Crippen molar-refractivity contribution in [1.82, 2.24) is 4.90 Å². The number of para-hydroxylation sites is 3. The number of carbonyl (C=O) groups is 3. The predicted molar refractivity (Wildman–Crippen MR) is 120 cm³/mol. The minimum Gasteiger partial charge on any atom is -0.476 e. The van der Waals surface area contributed by atoms with Crippen LogP contribution in [0.15, 0.2) is 53.4 Å². The maximum absolute atomic E-state index is 13.4. The van der Waals surface area contributed by atoms with Crippen molar-refractivity contribution in [3.8, 4) is 5.75 Å². The third-order valence-corrected chi connectivity index (χ3v) is 7.01. The average molecular weight is 454 g/mol. The second-order valence-electron chi connectivity index (χ2n) is 7.81. The van der Waals surface area contributed by atoms with Crippen molar-refractivity contribution < 1.29 is 23.9 Å². The fourth-order valence-corrected chi connectivity index (χ4v) is 5.18. The fourth-order valence-electron chi connectivity index (χ4n) is 4.08. The molecule has 3 aliphatic rings. The van der Waals surface area contributed by atoms with Gasteiger partial charge in [0.15, 0.2) is 6.10 Å². The summed E-state index contributed by atoms with van der Waals surface area (Å²) >= 11 is 1.39. The van der Waals surface area contributed by atoms with Gasteiger partial charge in [-0.25, -0.2) is 0 Å². The van der Waals surface area contributed by atoms with E-state index in [1.165, 1.54) is 11.8 Å². The molecule has 0 aliphatic carbocycles. The number of rotatable bonds is 3. The van der Waals surface area contributed by atoms with Crippen molar-refractivity contribution in [3.63, 3.8) is 0 Å². The molecule has 0 spiro atoms. The number of fused-ring (bicyclic) bond motifs is 2. The maximum atomic E-state index is 13.4. The summed E-state index contributed by atoms with van der Waals surface area (Å²) in [4.78, 5) is 43.2. The summed E-state index contributed by atoms with van der Waals surface area (Å²) in [5.74, 6) is -0.0683. The molecule has 0 bridgehead atoms. The molecule has 1 saturated heterocycles. The normalized spacial score (nSPS) is 22.3. The Kier molecular flexibility index (Phi) is 5.75. The Labute approximate surface area is 189 Å². The van der Waals surface area contributed by atoms with Gasteiger partial charge in [-0.1, -0.05) is 24.3 Å². The molecule has 2 atom stereocenters. The summed E-state index contributed by atoms with van der Waals surface area (Å²) in [6.45, 7) is 2.11. The third-order valence-electron chi connectivity index (χ3n) is 5.74. The summed E-state index contributed by atoms with van der Waals surface area (Å²) in [6.07, 6.45) is -0.766. The smallest absolute Gasteiger partial charge is 0.265 e. The molecule has 2 aromatic carbocycles. The Hall–Kier alpha value is -3.04. The number of nitrogens with zero attached hydrogens (tertiary/aromatic N) is 2. The van der Waals surface area contributed by atoms with Gasteiger partial charge in [-0.15, -0.1) is 11.8 Å². The van der Waals surface area contributed by atoms with E-state index >= 15 is 0 Å². The zero-order valence-electron chi connectivity index (χ0n) is 17.4. The van der Waals surface area contributed by atoms with Crippen LogP contribution in [0.1, 0.15) is 6.42 Å². The molecule has 166 valence electrons. The highest BCUT2D eigenvalue weighted by Gasteiger charge is 2.38. The molecule has 9 heteroatoms. The van der Waals surface area contributed by atoms with Gasteiger partial charge in [0, 0.05) is 24.4 Å². The van der Waals surface area contributed by atoms with Gasteiger partial charge in [-0.3, -0.25) is 14.4 Å². The van der Waals surface area contributed by atoms with Crippen molar-refractivity contribution in [3.05, 3.63) is 48.5 Å². The van der Waals surface area contributed by atoms with E-state index in [4.69, 9.17) is 9.47 Å². The Balaban J connectivity index is 1.35. The van der Waals surface area contributed by atoms with E-state index in [1.807, 2.05) is 36.4 Å². The molecule has 3 amide bonds. The predicted octanol–water partition coefficient (Wildman–Crippen LogP) is 2.14. The number of thioether (sulfide) groups is 1. The molecule has 0 saturated carbocycles. The van der Waals surface area contributed by atoms with Crippen LogP contribution in [-0.2, 0) is 19.1 Å². The monoisotopic (exact) mass is 453 g/mol. The lowest BCUT2D eigenvalue weighted by molar-refractivity contribution is -0.142. The van der Waals surface area contributed by atoms with Crippen LogP contribution in [-0.4, -0.2) is 66.8 Å². The highest BCUT2D eigenvalue weighted by atomic mass is 32.2. The van der Waals surface area contributed by atoms with Crippen LogP contribution in [0.4, 0.5) is 11.4 Å². The molecule has 3 aliphatic heterocycles. The third kappa shape index (κ3) is 4.05. The lowest BCUT2D eigenvalue weighted by atomic mass is 10.1. The van der Waals surface area contributed by atoms with Crippen molar-refractivity contribution in [2.24, 2.45) is 0 Å². The minimum absolute atomic E-state index is 0.0254. The molecule has 1 N–H and O–H groups in total. The molecule has 0 unspecified atom stereocenters.